The second-order valence-corrected chi connectivity index (χ2v) is 14.9. The fourth-order valence-electron chi connectivity index (χ4n) is 8.40. The number of hydrogen-bond acceptors (Lipinski definition) is 4. The number of hydrogen-bond donors (Lipinski definition) is 0. The zero-order chi connectivity index (χ0) is 37.6. The van der Waals surface area contributed by atoms with Gasteiger partial charge in [-0.05, 0) is 235 Å². The van der Waals surface area contributed by atoms with E-state index in [1.807, 2.05) is 27.7 Å². The zero-order valence-corrected chi connectivity index (χ0v) is 33.6. The number of fused-ring (bicyclic) bond motifs is 3. The van der Waals surface area contributed by atoms with Crippen LogP contribution in [0.1, 0.15) is 121 Å². The third-order valence-electron chi connectivity index (χ3n) is 12.8. The number of aryl methyl sites for hydroxylation is 6. The molecule has 262 valence electrons. The van der Waals surface area contributed by atoms with Gasteiger partial charge in [0.2, 0.25) is 0 Å². The van der Waals surface area contributed by atoms with Crippen LogP contribution in [0.5, 0.6) is 11.5 Å². The molecule has 0 atom stereocenters. The van der Waals surface area contributed by atoms with Crippen molar-refractivity contribution in [3.8, 4) is 11.5 Å². The third kappa shape index (κ3) is 5.17. The SMILES string of the molecule is Cc1c(C)c(C)c(C(=O)Oc2c(C)c(C)c3c(c2C)c(C)c(C)c2c(C)c(OC(=O)c4c(C)c(C)c(C)c(C)c4C)c(C)c(C)c23)c(C)c1C. The average Bonchev–Trinajstić information content (AvgIpc) is 3.07. The van der Waals surface area contributed by atoms with Crippen molar-refractivity contribution in [1.82, 2.24) is 0 Å². The average molecular weight is 671 g/mol. The summed E-state index contributed by atoms with van der Waals surface area (Å²) in [4.78, 5) is 28.0. The van der Waals surface area contributed by atoms with Gasteiger partial charge in [0, 0.05) is 11.1 Å². The summed E-state index contributed by atoms with van der Waals surface area (Å²) in [6.07, 6.45) is 0. The predicted octanol–water partition coefficient (Wildman–Crippen LogP) is 12.0. The molecule has 0 N–H and O–H groups in total. The minimum atomic E-state index is -0.315. The molecule has 0 radical (unpaired) electrons. The molecule has 0 aliphatic carbocycles. The molecule has 0 unspecified atom stereocenters. The molecule has 0 amide bonds. The molecule has 0 aliphatic heterocycles. The Hall–Kier alpha value is -4.44. The summed E-state index contributed by atoms with van der Waals surface area (Å²) in [6.45, 7) is 37.4. The molecule has 5 aromatic carbocycles. The lowest BCUT2D eigenvalue weighted by molar-refractivity contribution is 0.0721. The van der Waals surface area contributed by atoms with Gasteiger partial charge in [-0.1, -0.05) is 0 Å². The molecule has 4 heteroatoms. The van der Waals surface area contributed by atoms with E-state index in [1.54, 1.807) is 0 Å². The molecular weight excluding hydrogens is 617 g/mol. The molecule has 0 spiro atoms. The lowest BCUT2D eigenvalue weighted by Gasteiger charge is -2.25. The maximum absolute atomic E-state index is 14.0. The van der Waals surface area contributed by atoms with Crippen molar-refractivity contribution in [3.63, 3.8) is 0 Å². The predicted molar refractivity (Wildman–Crippen MR) is 210 cm³/mol. The van der Waals surface area contributed by atoms with Crippen LogP contribution in [0.3, 0.4) is 0 Å². The van der Waals surface area contributed by atoms with Crippen molar-refractivity contribution in [1.29, 1.82) is 0 Å². The Morgan fingerprint density at radius 3 is 0.740 bits per heavy atom. The molecule has 0 bridgehead atoms. The molecule has 0 saturated carbocycles. The number of rotatable bonds is 4. The van der Waals surface area contributed by atoms with Crippen LogP contribution in [0.4, 0.5) is 0 Å². The second-order valence-electron chi connectivity index (χ2n) is 14.9. The topological polar surface area (TPSA) is 52.6 Å². The number of carbonyl (C=O) groups is 2. The fraction of sp³-hybridized carbons (Fsp3) is 0.391. The second kappa shape index (κ2) is 12.7. The van der Waals surface area contributed by atoms with E-state index < -0.39 is 0 Å². The van der Waals surface area contributed by atoms with Gasteiger partial charge in [-0.3, -0.25) is 0 Å². The summed E-state index contributed by atoms with van der Waals surface area (Å²) in [5.74, 6) is 0.625. The highest BCUT2D eigenvalue weighted by molar-refractivity contribution is 6.17. The van der Waals surface area contributed by atoms with Crippen molar-refractivity contribution < 1.29 is 19.1 Å². The number of carbonyl (C=O) groups excluding carboxylic acids is 2. The van der Waals surface area contributed by atoms with E-state index in [9.17, 15) is 9.59 Å². The van der Waals surface area contributed by atoms with E-state index >= 15 is 0 Å². The Balaban J connectivity index is 1.74. The number of ether oxygens (including phenoxy) is 2. The summed E-state index contributed by atoms with van der Waals surface area (Å²) in [7, 11) is 0. The summed E-state index contributed by atoms with van der Waals surface area (Å²) in [5.41, 5.74) is 20.3. The standard InChI is InChI=1S/C46H54O4/c1-19-21(3)25(7)39(26(8)22(19)4)45(47)49-43-33(15)31(13)41-37(35(43)17)29(11)30(12)38-36(18)44(34(16)32(14)42(38)41)50-46(48)40-27(9)23(5)20(2)24(6)28(40)10/h1-18H3. The third-order valence-corrected chi connectivity index (χ3v) is 12.8. The van der Waals surface area contributed by atoms with Crippen LogP contribution in [-0.2, 0) is 0 Å². The minimum absolute atomic E-state index is 0.315. The van der Waals surface area contributed by atoms with Gasteiger partial charge in [0.15, 0.2) is 0 Å². The van der Waals surface area contributed by atoms with Crippen LogP contribution < -0.4 is 9.47 Å². The lowest BCUT2D eigenvalue weighted by Crippen LogP contribution is -2.17. The van der Waals surface area contributed by atoms with Crippen molar-refractivity contribution in [2.24, 2.45) is 0 Å². The molecule has 5 aromatic rings. The van der Waals surface area contributed by atoms with Gasteiger partial charge in [-0.25, -0.2) is 9.59 Å². The monoisotopic (exact) mass is 670 g/mol. The molecular formula is C46H54O4. The van der Waals surface area contributed by atoms with E-state index in [1.165, 1.54) is 11.1 Å². The van der Waals surface area contributed by atoms with Crippen LogP contribution >= 0.6 is 0 Å². The largest absolute Gasteiger partial charge is 0.422 e. The first-order valence-corrected chi connectivity index (χ1v) is 17.7. The molecule has 50 heavy (non-hydrogen) atoms. The van der Waals surface area contributed by atoms with Crippen LogP contribution in [0.2, 0.25) is 0 Å². The zero-order valence-electron chi connectivity index (χ0n) is 33.6. The smallest absolute Gasteiger partial charge is 0.344 e. The van der Waals surface area contributed by atoms with Crippen LogP contribution in [-0.4, -0.2) is 11.9 Å². The Morgan fingerprint density at radius 2 is 0.480 bits per heavy atom. The maximum atomic E-state index is 14.0. The molecule has 0 fully saturated rings. The number of esters is 2. The van der Waals surface area contributed by atoms with Crippen molar-refractivity contribution in [2.75, 3.05) is 0 Å². The Morgan fingerprint density at radius 1 is 0.260 bits per heavy atom. The van der Waals surface area contributed by atoms with Gasteiger partial charge in [-0.2, -0.15) is 0 Å². The van der Waals surface area contributed by atoms with Gasteiger partial charge >= 0.3 is 11.9 Å². The first-order chi connectivity index (χ1) is 23.2. The van der Waals surface area contributed by atoms with E-state index in [4.69, 9.17) is 9.47 Å². The highest BCUT2D eigenvalue weighted by Gasteiger charge is 2.28. The Kier molecular flexibility index (Phi) is 9.36. The van der Waals surface area contributed by atoms with Gasteiger partial charge in [0.1, 0.15) is 11.5 Å². The van der Waals surface area contributed by atoms with Gasteiger partial charge in [-0.15, -0.1) is 0 Å². The normalized spacial score (nSPS) is 11.6. The summed E-state index contributed by atoms with van der Waals surface area (Å²) in [6, 6.07) is 0. The summed E-state index contributed by atoms with van der Waals surface area (Å²) >= 11 is 0. The van der Waals surface area contributed by atoms with E-state index in [0.29, 0.717) is 22.6 Å². The van der Waals surface area contributed by atoms with E-state index in [0.717, 1.165) is 111 Å². The Labute approximate surface area is 299 Å². The maximum Gasteiger partial charge on any atom is 0.344 e. The highest BCUT2D eigenvalue weighted by atomic mass is 16.5. The number of benzene rings is 5. The molecule has 5 rings (SSSR count). The van der Waals surface area contributed by atoms with Gasteiger partial charge < -0.3 is 9.47 Å². The van der Waals surface area contributed by atoms with Crippen LogP contribution in [0.15, 0.2) is 0 Å². The lowest BCUT2D eigenvalue weighted by atomic mass is 9.82. The van der Waals surface area contributed by atoms with Crippen molar-refractivity contribution in [2.45, 2.75) is 125 Å². The van der Waals surface area contributed by atoms with Gasteiger partial charge in [0.25, 0.3) is 0 Å². The molecule has 0 aliphatic rings. The molecule has 0 heterocycles. The summed E-state index contributed by atoms with van der Waals surface area (Å²) in [5, 5.41) is 4.53. The Bertz CT molecular complexity index is 2140. The highest BCUT2D eigenvalue weighted by Crippen LogP contribution is 2.47. The summed E-state index contributed by atoms with van der Waals surface area (Å²) < 4.78 is 12.8. The minimum Gasteiger partial charge on any atom is -0.422 e. The van der Waals surface area contributed by atoms with E-state index in [-0.39, 0.29) is 11.9 Å². The van der Waals surface area contributed by atoms with E-state index in [2.05, 4.69) is 96.9 Å². The first kappa shape index (κ1) is 36.8. The molecule has 0 saturated heterocycles. The molecule has 4 nitrogen and oxygen atoms in total. The quantitative estimate of drug-likeness (QED) is 0.108. The van der Waals surface area contributed by atoms with Crippen molar-refractivity contribution >= 4 is 33.5 Å². The fourth-order valence-corrected chi connectivity index (χ4v) is 8.40. The molecule has 0 aromatic heterocycles. The first-order valence-electron chi connectivity index (χ1n) is 17.7. The van der Waals surface area contributed by atoms with Crippen LogP contribution in [0, 0.1) is 125 Å². The van der Waals surface area contributed by atoms with Crippen LogP contribution in [0.25, 0.3) is 21.5 Å². The van der Waals surface area contributed by atoms with Crippen molar-refractivity contribution in [3.05, 3.63) is 111 Å². The van der Waals surface area contributed by atoms with Gasteiger partial charge in [0.05, 0.1) is 11.1 Å².